The SMILES string of the molecule is CC(C)(C)C(=O)Cl.CC1=CC[C@@H]2[C@@H](C1)c1c(O)cc(C(C)(C)CCCCCCO)cc1OC2(C)C.CC1=CC[C@@H]2[C@@H](C1)c1c(OC(=O)C(C)(C)C)cc(C(C)(C)CCCCCCOC(=O)C(C)(C)C)cc1OC2(C)C. The summed E-state index contributed by atoms with van der Waals surface area (Å²) in [5.41, 5.74) is 5.06. The first-order chi connectivity index (χ1) is 34.4. The highest BCUT2D eigenvalue weighted by molar-refractivity contribution is 6.64. The van der Waals surface area contributed by atoms with Crippen molar-refractivity contribution in [3.05, 3.63) is 69.8 Å². The lowest BCUT2D eigenvalue weighted by molar-refractivity contribution is -0.153. The van der Waals surface area contributed by atoms with E-state index in [4.69, 9.17) is 35.7 Å². The Hall–Kier alpha value is -3.82. The molecule has 0 saturated carbocycles. The summed E-state index contributed by atoms with van der Waals surface area (Å²) in [5, 5.41) is 19.7. The van der Waals surface area contributed by atoms with Gasteiger partial charge >= 0.3 is 11.9 Å². The Morgan fingerprint density at radius 2 is 1.01 bits per heavy atom. The van der Waals surface area contributed by atoms with E-state index in [0.717, 1.165) is 124 Å². The predicted molar refractivity (Wildman–Crippen MR) is 308 cm³/mol. The molecule has 2 aliphatic heterocycles. The molecule has 0 radical (unpaired) electrons. The number of ether oxygens (including phenoxy) is 4. The van der Waals surface area contributed by atoms with Gasteiger partial charge in [-0.25, -0.2) is 0 Å². The zero-order valence-corrected chi connectivity index (χ0v) is 51.0. The molecule has 2 heterocycles. The maximum Gasteiger partial charge on any atom is 0.316 e. The summed E-state index contributed by atoms with van der Waals surface area (Å²) in [6.45, 7) is 39.6. The van der Waals surface area contributed by atoms with Gasteiger partial charge in [-0.05, 0) is 192 Å². The second-order valence-corrected chi connectivity index (χ2v) is 28.3. The van der Waals surface area contributed by atoms with Gasteiger partial charge in [0.05, 0.1) is 17.4 Å². The zero-order chi connectivity index (χ0) is 56.7. The minimum atomic E-state index is -0.601. The third-order valence-corrected chi connectivity index (χ3v) is 16.8. The molecule has 0 bridgehead atoms. The Labute approximate surface area is 459 Å². The fourth-order valence-electron chi connectivity index (χ4n) is 11.0. The van der Waals surface area contributed by atoms with Crippen molar-refractivity contribution in [2.24, 2.45) is 28.1 Å². The van der Waals surface area contributed by atoms with Crippen LogP contribution in [0, 0.1) is 28.1 Å². The van der Waals surface area contributed by atoms with Gasteiger partial charge in [-0.15, -0.1) is 0 Å². The molecular formula is C65H101ClO9. The predicted octanol–water partition coefficient (Wildman–Crippen LogP) is 17.1. The molecule has 9 nitrogen and oxygen atoms in total. The van der Waals surface area contributed by atoms with Gasteiger partial charge in [0.2, 0.25) is 5.24 Å². The molecule has 0 unspecified atom stereocenters. The maximum atomic E-state index is 13.1. The van der Waals surface area contributed by atoms with Crippen LogP contribution in [0.1, 0.15) is 256 Å². The monoisotopic (exact) mass is 1060 g/mol. The van der Waals surface area contributed by atoms with Crippen molar-refractivity contribution in [1.29, 1.82) is 0 Å². The number of hydrogen-bond acceptors (Lipinski definition) is 9. The minimum Gasteiger partial charge on any atom is -0.508 e. The third kappa shape index (κ3) is 17.3. The fraction of sp³-hybridized carbons (Fsp3) is 0.708. The molecule has 75 heavy (non-hydrogen) atoms. The molecule has 0 fully saturated rings. The first-order valence-electron chi connectivity index (χ1n) is 28.4. The number of esters is 2. The number of benzene rings is 2. The van der Waals surface area contributed by atoms with Crippen LogP contribution in [-0.4, -0.2) is 51.8 Å². The number of unbranched alkanes of at least 4 members (excludes halogenated alkanes) is 6. The second-order valence-electron chi connectivity index (χ2n) is 28.0. The van der Waals surface area contributed by atoms with Crippen molar-refractivity contribution in [2.45, 2.75) is 255 Å². The number of carbonyl (C=O) groups is 3. The minimum absolute atomic E-state index is 0.0154. The summed E-state index contributed by atoms with van der Waals surface area (Å²) in [6, 6.07) is 8.50. The zero-order valence-electron chi connectivity index (χ0n) is 50.2. The van der Waals surface area contributed by atoms with Crippen molar-refractivity contribution < 1.29 is 43.5 Å². The van der Waals surface area contributed by atoms with E-state index in [1.165, 1.54) is 11.1 Å². The molecule has 422 valence electrons. The Bertz CT molecular complexity index is 2340. The van der Waals surface area contributed by atoms with Crippen molar-refractivity contribution in [2.75, 3.05) is 13.2 Å². The van der Waals surface area contributed by atoms with Crippen molar-refractivity contribution in [3.8, 4) is 23.0 Å². The number of aromatic hydroxyl groups is 1. The van der Waals surface area contributed by atoms with E-state index in [9.17, 15) is 19.5 Å². The van der Waals surface area contributed by atoms with E-state index in [1.54, 1.807) is 20.8 Å². The molecule has 6 rings (SSSR count). The molecule has 2 aliphatic carbocycles. The van der Waals surface area contributed by atoms with Crippen LogP contribution >= 0.6 is 11.6 Å². The molecule has 4 atom stereocenters. The number of allylic oxidation sites excluding steroid dienone is 4. The van der Waals surface area contributed by atoms with Gasteiger partial charge in [0.15, 0.2) is 0 Å². The number of hydrogen-bond donors (Lipinski definition) is 2. The fourth-order valence-corrected chi connectivity index (χ4v) is 11.0. The van der Waals surface area contributed by atoms with Crippen LogP contribution in [0.25, 0.3) is 0 Å². The van der Waals surface area contributed by atoms with Crippen LogP contribution in [0.3, 0.4) is 0 Å². The van der Waals surface area contributed by atoms with Gasteiger partial charge in [0.25, 0.3) is 0 Å². The maximum absolute atomic E-state index is 13.1. The lowest BCUT2D eigenvalue weighted by Gasteiger charge is -2.47. The highest BCUT2D eigenvalue weighted by Crippen LogP contribution is 2.57. The Kier molecular flexibility index (Phi) is 21.5. The van der Waals surface area contributed by atoms with E-state index in [-0.39, 0.29) is 57.2 Å². The van der Waals surface area contributed by atoms with Crippen molar-refractivity contribution in [1.82, 2.24) is 0 Å². The molecule has 2 aromatic carbocycles. The van der Waals surface area contributed by atoms with E-state index in [1.807, 2.05) is 47.6 Å². The topological polar surface area (TPSA) is 129 Å². The van der Waals surface area contributed by atoms with Crippen LogP contribution in [-0.2, 0) is 30.0 Å². The first kappa shape index (κ1) is 63.7. The van der Waals surface area contributed by atoms with Crippen molar-refractivity contribution in [3.63, 3.8) is 0 Å². The average Bonchev–Trinajstić information content (AvgIpc) is 3.27. The van der Waals surface area contributed by atoms with Crippen LogP contribution in [0.15, 0.2) is 47.6 Å². The van der Waals surface area contributed by atoms with Crippen LogP contribution in [0.5, 0.6) is 23.0 Å². The second kappa shape index (κ2) is 25.3. The summed E-state index contributed by atoms with van der Waals surface area (Å²) in [4.78, 5) is 35.3. The van der Waals surface area contributed by atoms with Gasteiger partial charge in [0, 0.05) is 46.8 Å². The van der Waals surface area contributed by atoms with E-state index in [2.05, 4.69) is 99.6 Å². The summed E-state index contributed by atoms with van der Waals surface area (Å²) in [6.07, 6.45) is 19.0. The Balaban J connectivity index is 0.000000301. The molecule has 0 spiro atoms. The molecule has 0 aromatic heterocycles. The average molecular weight is 1060 g/mol. The first-order valence-corrected chi connectivity index (χ1v) is 28.8. The van der Waals surface area contributed by atoms with Crippen LogP contribution in [0.4, 0.5) is 0 Å². The van der Waals surface area contributed by atoms with Gasteiger partial charge < -0.3 is 29.2 Å². The van der Waals surface area contributed by atoms with Gasteiger partial charge in [-0.3, -0.25) is 14.4 Å². The number of carbonyl (C=O) groups excluding carboxylic acids is 3. The number of fused-ring (bicyclic) bond motifs is 6. The molecule has 0 amide bonds. The Morgan fingerprint density at radius 3 is 1.45 bits per heavy atom. The van der Waals surface area contributed by atoms with Crippen LogP contribution < -0.4 is 14.2 Å². The molecular weight excluding hydrogens is 960 g/mol. The normalized spacial score (nSPS) is 20.8. The van der Waals surface area contributed by atoms with Gasteiger partial charge in [-0.1, -0.05) is 110 Å². The number of phenolic OH excluding ortho intramolecular Hbond substituents is 1. The number of aliphatic hydroxyl groups excluding tert-OH is 1. The third-order valence-electron chi connectivity index (χ3n) is 16.2. The molecule has 4 aliphatic rings. The lowest BCUT2D eigenvalue weighted by Crippen LogP contribution is -2.45. The highest BCUT2D eigenvalue weighted by atomic mass is 35.5. The van der Waals surface area contributed by atoms with E-state index in [0.29, 0.717) is 35.9 Å². The van der Waals surface area contributed by atoms with Crippen molar-refractivity contribution >= 4 is 28.8 Å². The lowest BCUT2D eigenvalue weighted by atomic mass is 9.66. The number of rotatable bonds is 16. The Morgan fingerprint density at radius 1 is 0.600 bits per heavy atom. The van der Waals surface area contributed by atoms with E-state index < -0.39 is 10.8 Å². The quantitative estimate of drug-likeness (QED) is 0.0555. The summed E-state index contributed by atoms with van der Waals surface area (Å²) < 4.78 is 24.8. The molecule has 0 saturated heterocycles. The molecule has 10 heteroatoms. The van der Waals surface area contributed by atoms with E-state index >= 15 is 0 Å². The van der Waals surface area contributed by atoms with Gasteiger partial charge in [0.1, 0.15) is 34.2 Å². The molecule has 2 aromatic rings. The standard InChI is InChI=1S/C35H54O5.C25H38O3.C5H9ClO/c1-23-16-17-26-25(20-23)29-27(39-31(37)33(5,6)7)21-24(22-28(29)40-35(26,10)11)34(8,9)18-14-12-13-15-19-38-30(36)32(2,3)4;1-17-10-11-20-19(14-17)23-21(27)15-18(16-22(23)28-25(20,4)5)24(2,3)12-8-6-7-9-13-26;1-5(2,3)4(6)7/h16,21-22,25-26H,12-15,17-20H2,1-11H3;10,15-16,19-20,26-27H,6-9,11-14H2,1-5H3;1-3H3/t25-,26-;19-,20-;/m11./s1. The largest absolute Gasteiger partial charge is 0.508 e. The summed E-state index contributed by atoms with van der Waals surface area (Å²) in [7, 11) is 0. The highest BCUT2D eigenvalue weighted by Gasteiger charge is 2.48. The molecule has 2 N–H and O–H groups in total. The summed E-state index contributed by atoms with van der Waals surface area (Å²) >= 11 is 5.11. The number of phenols is 1. The number of halogens is 1. The number of aliphatic hydroxyl groups is 1. The summed E-state index contributed by atoms with van der Waals surface area (Å²) in [5.74, 6) is 3.78. The van der Waals surface area contributed by atoms with Gasteiger partial charge in [-0.2, -0.15) is 0 Å². The van der Waals surface area contributed by atoms with Crippen LogP contribution in [0.2, 0.25) is 0 Å². The smallest absolute Gasteiger partial charge is 0.316 e.